The van der Waals surface area contributed by atoms with Gasteiger partial charge in [-0.1, -0.05) is 12.1 Å². The highest BCUT2D eigenvalue weighted by molar-refractivity contribution is 6.00. The van der Waals surface area contributed by atoms with Crippen molar-refractivity contribution in [1.29, 1.82) is 0 Å². The van der Waals surface area contributed by atoms with Gasteiger partial charge in [0.15, 0.2) is 0 Å². The standard InChI is InChI=1S/C19H23N5O2/c1-14-10-20-24(11-14)13-16-12-23(8-9-26-16)19(25)21-17-5-3-4-15-6-7-22(2)18(15)17/h3-7,10-11,16H,8-9,12-13H2,1-2H3,(H,21,25). The van der Waals surface area contributed by atoms with Gasteiger partial charge >= 0.3 is 6.03 Å². The van der Waals surface area contributed by atoms with Crippen molar-refractivity contribution in [2.75, 3.05) is 25.0 Å². The number of para-hydroxylation sites is 1. The van der Waals surface area contributed by atoms with Gasteiger partial charge in [-0.15, -0.1) is 0 Å². The molecule has 2 aromatic heterocycles. The van der Waals surface area contributed by atoms with Crippen molar-refractivity contribution < 1.29 is 9.53 Å². The van der Waals surface area contributed by atoms with Gasteiger partial charge in [0.05, 0.1) is 43.2 Å². The van der Waals surface area contributed by atoms with Crippen LogP contribution < -0.4 is 5.32 Å². The number of morpholine rings is 1. The average Bonchev–Trinajstić information content (AvgIpc) is 3.21. The number of aromatic nitrogens is 3. The van der Waals surface area contributed by atoms with E-state index in [0.717, 1.165) is 22.2 Å². The number of ether oxygens (including phenoxy) is 1. The summed E-state index contributed by atoms with van der Waals surface area (Å²) < 4.78 is 9.70. The molecular formula is C19H23N5O2. The lowest BCUT2D eigenvalue weighted by atomic mass is 10.2. The number of benzene rings is 1. The molecule has 1 aliphatic rings. The van der Waals surface area contributed by atoms with Gasteiger partial charge < -0.3 is 19.5 Å². The zero-order chi connectivity index (χ0) is 18.1. The molecule has 0 aliphatic carbocycles. The number of hydrogen-bond acceptors (Lipinski definition) is 3. The van der Waals surface area contributed by atoms with Crippen LogP contribution in [0, 0.1) is 6.92 Å². The molecule has 26 heavy (non-hydrogen) atoms. The van der Waals surface area contributed by atoms with Gasteiger partial charge in [0.2, 0.25) is 0 Å². The summed E-state index contributed by atoms with van der Waals surface area (Å²) in [6.45, 7) is 4.32. The van der Waals surface area contributed by atoms with E-state index in [1.807, 2.05) is 71.0 Å². The molecule has 1 fully saturated rings. The van der Waals surface area contributed by atoms with Crippen LogP contribution in [0.15, 0.2) is 42.9 Å². The van der Waals surface area contributed by atoms with Crippen molar-refractivity contribution >= 4 is 22.6 Å². The minimum Gasteiger partial charge on any atom is -0.373 e. The molecule has 1 aromatic carbocycles. The topological polar surface area (TPSA) is 64.3 Å². The molecule has 1 saturated heterocycles. The Balaban J connectivity index is 1.44. The molecule has 0 spiro atoms. The van der Waals surface area contributed by atoms with Crippen LogP contribution in [-0.4, -0.2) is 51.1 Å². The lowest BCUT2D eigenvalue weighted by Gasteiger charge is -2.33. The summed E-state index contributed by atoms with van der Waals surface area (Å²) in [6, 6.07) is 7.89. The summed E-state index contributed by atoms with van der Waals surface area (Å²) in [5, 5.41) is 8.47. The maximum absolute atomic E-state index is 12.8. The minimum atomic E-state index is -0.0938. The van der Waals surface area contributed by atoms with E-state index in [9.17, 15) is 4.79 Å². The fourth-order valence-corrected chi connectivity index (χ4v) is 3.44. The first-order valence-electron chi connectivity index (χ1n) is 8.81. The molecule has 1 aliphatic heterocycles. The first-order valence-corrected chi connectivity index (χ1v) is 8.81. The van der Waals surface area contributed by atoms with E-state index < -0.39 is 0 Å². The van der Waals surface area contributed by atoms with E-state index >= 15 is 0 Å². The molecule has 1 atom stereocenters. The Labute approximate surface area is 152 Å². The van der Waals surface area contributed by atoms with Crippen molar-refractivity contribution in [2.45, 2.75) is 19.6 Å². The van der Waals surface area contributed by atoms with E-state index in [-0.39, 0.29) is 12.1 Å². The second kappa shape index (κ2) is 6.84. The van der Waals surface area contributed by atoms with Gasteiger partial charge in [0.1, 0.15) is 0 Å². The Morgan fingerprint density at radius 1 is 1.38 bits per heavy atom. The average molecular weight is 353 g/mol. The fourth-order valence-electron chi connectivity index (χ4n) is 3.44. The summed E-state index contributed by atoms with van der Waals surface area (Å²) in [4.78, 5) is 14.6. The Hall–Kier alpha value is -2.80. The number of nitrogens with one attached hydrogen (secondary N) is 1. The first kappa shape index (κ1) is 16.7. The van der Waals surface area contributed by atoms with Gasteiger partial charge in [-0.05, 0) is 24.6 Å². The Kier molecular flexibility index (Phi) is 4.38. The van der Waals surface area contributed by atoms with Gasteiger partial charge in [-0.2, -0.15) is 5.10 Å². The highest BCUT2D eigenvalue weighted by Gasteiger charge is 2.25. The largest absolute Gasteiger partial charge is 0.373 e. The lowest BCUT2D eigenvalue weighted by Crippen LogP contribution is -2.48. The van der Waals surface area contributed by atoms with Crippen molar-refractivity contribution in [1.82, 2.24) is 19.2 Å². The second-order valence-corrected chi connectivity index (χ2v) is 6.78. The highest BCUT2D eigenvalue weighted by Crippen LogP contribution is 2.24. The van der Waals surface area contributed by atoms with Crippen LogP contribution in [0.5, 0.6) is 0 Å². The van der Waals surface area contributed by atoms with Crippen molar-refractivity contribution in [2.24, 2.45) is 7.05 Å². The Bertz CT molecular complexity index is 929. The molecule has 1 unspecified atom stereocenters. The molecule has 3 aromatic rings. The SMILES string of the molecule is Cc1cnn(CC2CN(C(=O)Nc3cccc4ccn(C)c34)CCO2)c1. The smallest absolute Gasteiger partial charge is 0.322 e. The van der Waals surface area contributed by atoms with Gasteiger partial charge in [0, 0.05) is 31.4 Å². The molecule has 0 bridgehead atoms. The number of anilines is 1. The van der Waals surface area contributed by atoms with Crippen molar-refractivity contribution in [3.8, 4) is 0 Å². The number of fused-ring (bicyclic) bond motifs is 1. The molecule has 7 heteroatoms. The number of carbonyl (C=O) groups excluding carboxylic acids is 1. The number of amides is 2. The van der Waals surface area contributed by atoms with Crippen LogP contribution >= 0.6 is 0 Å². The number of carbonyl (C=O) groups is 1. The molecule has 7 nitrogen and oxygen atoms in total. The molecule has 1 N–H and O–H groups in total. The molecular weight excluding hydrogens is 330 g/mol. The summed E-state index contributed by atoms with van der Waals surface area (Å²) in [5.74, 6) is 0. The predicted octanol–water partition coefficient (Wildman–Crippen LogP) is 2.62. The van der Waals surface area contributed by atoms with E-state index in [0.29, 0.717) is 26.2 Å². The van der Waals surface area contributed by atoms with E-state index in [1.54, 1.807) is 0 Å². The number of urea groups is 1. The monoisotopic (exact) mass is 353 g/mol. The molecule has 136 valence electrons. The summed E-state index contributed by atoms with van der Waals surface area (Å²) in [6.07, 6.45) is 5.75. The summed E-state index contributed by atoms with van der Waals surface area (Å²) in [5.41, 5.74) is 2.97. The quantitative estimate of drug-likeness (QED) is 0.787. The minimum absolute atomic E-state index is 0.0559. The lowest BCUT2D eigenvalue weighted by molar-refractivity contribution is -0.0219. The first-order chi connectivity index (χ1) is 12.6. The number of hydrogen-bond donors (Lipinski definition) is 1. The summed E-state index contributed by atoms with van der Waals surface area (Å²) >= 11 is 0. The molecule has 3 heterocycles. The van der Waals surface area contributed by atoms with Crippen LogP contribution in [0.25, 0.3) is 10.9 Å². The van der Waals surface area contributed by atoms with E-state index in [1.165, 1.54) is 0 Å². The van der Waals surface area contributed by atoms with Crippen molar-refractivity contribution in [3.05, 3.63) is 48.4 Å². The van der Waals surface area contributed by atoms with Crippen LogP contribution in [0.2, 0.25) is 0 Å². The van der Waals surface area contributed by atoms with Crippen LogP contribution in [0.1, 0.15) is 5.56 Å². The van der Waals surface area contributed by atoms with E-state index in [4.69, 9.17) is 4.74 Å². The van der Waals surface area contributed by atoms with Gasteiger partial charge in [0.25, 0.3) is 0 Å². The number of aryl methyl sites for hydroxylation is 2. The second-order valence-electron chi connectivity index (χ2n) is 6.78. The van der Waals surface area contributed by atoms with E-state index in [2.05, 4.69) is 10.4 Å². The van der Waals surface area contributed by atoms with Gasteiger partial charge in [-0.3, -0.25) is 4.68 Å². The Morgan fingerprint density at radius 3 is 3.08 bits per heavy atom. The van der Waals surface area contributed by atoms with Gasteiger partial charge in [-0.25, -0.2) is 4.79 Å². The molecule has 4 rings (SSSR count). The maximum atomic E-state index is 12.8. The van der Waals surface area contributed by atoms with Crippen LogP contribution in [0.4, 0.5) is 10.5 Å². The van der Waals surface area contributed by atoms with Crippen molar-refractivity contribution in [3.63, 3.8) is 0 Å². The third kappa shape index (κ3) is 3.30. The zero-order valence-electron chi connectivity index (χ0n) is 15.1. The summed E-state index contributed by atoms with van der Waals surface area (Å²) in [7, 11) is 1.98. The maximum Gasteiger partial charge on any atom is 0.322 e. The zero-order valence-corrected chi connectivity index (χ0v) is 15.1. The molecule has 0 radical (unpaired) electrons. The molecule has 2 amide bonds. The number of rotatable bonds is 3. The highest BCUT2D eigenvalue weighted by atomic mass is 16.5. The predicted molar refractivity (Wildman–Crippen MR) is 100 cm³/mol. The normalized spacial score (nSPS) is 17.6. The third-order valence-corrected chi connectivity index (χ3v) is 4.72. The Morgan fingerprint density at radius 2 is 2.27 bits per heavy atom. The van der Waals surface area contributed by atoms with Crippen LogP contribution in [-0.2, 0) is 18.3 Å². The van der Waals surface area contributed by atoms with Crippen LogP contribution in [0.3, 0.4) is 0 Å². The molecule has 0 saturated carbocycles. The third-order valence-electron chi connectivity index (χ3n) is 4.72. The number of nitrogens with zero attached hydrogens (tertiary/aromatic N) is 4. The fraction of sp³-hybridized carbons (Fsp3) is 0.368.